The van der Waals surface area contributed by atoms with Crippen molar-refractivity contribution in [1.82, 2.24) is 0 Å². The van der Waals surface area contributed by atoms with Crippen LogP contribution >= 0.6 is 23.2 Å². The second-order valence-electron chi connectivity index (χ2n) is 4.35. The van der Waals surface area contributed by atoms with E-state index in [9.17, 15) is 4.79 Å². The van der Waals surface area contributed by atoms with Crippen LogP contribution in [0, 0.1) is 0 Å². The van der Waals surface area contributed by atoms with Gasteiger partial charge >= 0.3 is 0 Å². The lowest BCUT2D eigenvalue weighted by Crippen LogP contribution is -2.15. The number of nitrogens with one attached hydrogen (secondary N) is 1. The van der Waals surface area contributed by atoms with Gasteiger partial charge < -0.3 is 15.8 Å². The average molecular weight is 325 g/mol. The Balaban J connectivity index is 1.83. The maximum atomic E-state index is 11.8. The highest BCUT2D eigenvalue weighted by Crippen LogP contribution is 2.27. The van der Waals surface area contributed by atoms with Gasteiger partial charge in [0.2, 0.25) is 5.91 Å². The minimum atomic E-state index is -0.168. The van der Waals surface area contributed by atoms with Crippen LogP contribution in [0.1, 0.15) is 6.42 Å². The van der Waals surface area contributed by atoms with E-state index in [-0.39, 0.29) is 18.9 Å². The van der Waals surface area contributed by atoms with Crippen LogP contribution < -0.4 is 15.8 Å². The molecule has 2 aromatic carbocycles. The molecule has 6 heteroatoms. The maximum absolute atomic E-state index is 11.8. The quantitative estimate of drug-likeness (QED) is 0.817. The van der Waals surface area contributed by atoms with Gasteiger partial charge in [-0.3, -0.25) is 4.79 Å². The number of ether oxygens (including phenoxy) is 1. The predicted octanol–water partition coefficient (Wildman–Crippen LogP) is 3.98. The highest BCUT2D eigenvalue weighted by atomic mass is 35.5. The van der Waals surface area contributed by atoms with Crippen LogP contribution in [0.5, 0.6) is 5.75 Å². The topological polar surface area (TPSA) is 64.3 Å². The molecule has 0 spiro atoms. The first-order valence-corrected chi connectivity index (χ1v) is 7.03. The molecule has 0 heterocycles. The van der Waals surface area contributed by atoms with Crippen LogP contribution in [0.4, 0.5) is 11.4 Å². The van der Waals surface area contributed by atoms with Crippen molar-refractivity contribution in [2.75, 3.05) is 17.7 Å². The molecule has 0 aliphatic carbocycles. The minimum Gasteiger partial charge on any atom is -0.491 e. The lowest BCUT2D eigenvalue weighted by Gasteiger charge is -2.09. The van der Waals surface area contributed by atoms with Crippen molar-refractivity contribution < 1.29 is 9.53 Å². The zero-order valence-electron chi connectivity index (χ0n) is 11.1. The van der Waals surface area contributed by atoms with E-state index in [1.54, 1.807) is 42.5 Å². The Morgan fingerprint density at radius 1 is 1.19 bits per heavy atom. The summed E-state index contributed by atoms with van der Waals surface area (Å²) >= 11 is 11.8. The Labute approximate surface area is 132 Å². The average Bonchev–Trinajstić information content (AvgIpc) is 2.42. The molecule has 3 N–H and O–H groups in total. The monoisotopic (exact) mass is 324 g/mol. The molecule has 0 aliphatic heterocycles. The minimum absolute atomic E-state index is 0.168. The number of anilines is 2. The van der Waals surface area contributed by atoms with Crippen molar-refractivity contribution in [3.05, 3.63) is 52.5 Å². The summed E-state index contributed by atoms with van der Waals surface area (Å²) in [6.45, 7) is 0.203. The van der Waals surface area contributed by atoms with E-state index in [0.717, 1.165) is 0 Å². The van der Waals surface area contributed by atoms with Gasteiger partial charge in [0.15, 0.2) is 0 Å². The smallest absolute Gasteiger partial charge is 0.227 e. The summed E-state index contributed by atoms with van der Waals surface area (Å²) in [6, 6.07) is 11.9. The van der Waals surface area contributed by atoms with Crippen molar-refractivity contribution in [2.45, 2.75) is 6.42 Å². The van der Waals surface area contributed by atoms with E-state index in [0.29, 0.717) is 27.2 Å². The van der Waals surface area contributed by atoms with Gasteiger partial charge in [-0.2, -0.15) is 0 Å². The molecule has 0 fully saturated rings. The summed E-state index contributed by atoms with van der Waals surface area (Å²) in [6.07, 6.45) is 0.192. The zero-order chi connectivity index (χ0) is 15.2. The number of nitrogen functional groups attached to an aromatic ring is 1. The van der Waals surface area contributed by atoms with Crippen LogP contribution in [0.3, 0.4) is 0 Å². The molecule has 0 aliphatic rings. The van der Waals surface area contributed by atoms with Gasteiger partial charge in [-0.15, -0.1) is 0 Å². The number of rotatable bonds is 5. The highest BCUT2D eigenvalue weighted by molar-refractivity contribution is 6.34. The highest BCUT2D eigenvalue weighted by Gasteiger charge is 2.06. The van der Waals surface area contributed by atoms with Crippen molar-refractivity contribution in [2.24, 2.45) is 0 Å². The van der Waals surface area contributed by atoms with Crippen LogP contribution in [0.25, 0.3) is 0 Å². The molecule has 1 amide bonds. The first kappa shape index (κ1) is 15.5. The SMILES string of the molecule is Nc1cccc(NC(=O)CCOc2cc(Cl)ccc2Cl)c1. The molecule has 21 heavy (non-hydrogen) atoms. The van der Waals surface area contributed by atoms with Crippen LogP contribution in [0.15, 0.2) is 42.5 Å². The van der Waals surface area contributed by atoms with Gasteiger partial charge in [0, 0.05) is 22.5 Å². The van der Waals surface area contributed by atoms with Crippen LogP contribution in [-0.4, -0.2) is 12.5 Å². The third-order valence-corrected chi connectivity index (χ3v) is 3.20. The molecular formula is C15H14Cl2N2O2. The number of hydrogen-bond donors (Lipinski definition) is 2. The molecule has 4 nitrogen and oxygen atoms in total. The second-order valence-corrected chi connectivity index (χ2v) is 5.19. The second kappa shape index (κ2) is 7.20. The van der Waals surface area contributed by atoms with Gasteiger partial charge in [0.25, 0.3) is 0 Å². The molecule has 0 atom stereocenters. The first-order valence-electron chi connectivity index (χ1n) is 6.28. The number of hydrogen-bond acceptors (Lipinski definition) is 3. The Morgan fingerprint density at radius 2 is 2.00 bits per heavy atom. The Morgan fingerprint density at radius 3 is 2.76 bits per heavy atom. The van der Waals surface area contributed by atoms with E-state index in [4.69, 9.17) is 33.7 Å². The number of carbonyl (C=O) groups excluding carboxylic acids is 1. The first-order chi connectivity index (χ1) is 10.0. The summed E-state index contributed by atoms with van der Waals surface area (Å²) in [5.74, 6) is 0.291. The Kier molecular flexibility index (Phi) is 5.31. The van der Waals surface area contributed by atoms with Gasteiger partial charge in [-0.25, -0.2) is 0 Å². The number of benzene rings is 2. The fraction of sp³-hybridized carbons (Fsp3) is 0.133. The molecule has 0 aromatic heterocycles. The molecule has 2 rings (SSSR count). The van der Waals surface area contributed by atoms with Gasteiger partial charge in [0.05, 0.1) is 18.1 Å². The zero-order valence-corrected chi connectivity index (χ0v) is 12.6. The number of nitrogens with two attached hydrogens (primary N) is 1. The lowest BCUT2D eigenvalue weighted by atomic mass is 10.3. The summed E-state index contributed by atoms with van der Waals surface area (Å²) in [5.41, 5.74) is 6.88. The number of carbonyl (C=O) groups is 1. The third-order valence-electron chi connectivity index (χ3n) is 2.65. The fourth-order valence-electron chi connectivity index (χ4n) is 1.68. The van der Waals surface area contributed by atoms with Crippen molar-refractivity contribution >= 4 is 40.5 Å². The normalized spacial score (nSPS) is 10.2. The predicted molar refractivity (Wildman–Crippen MR) is 86.1 cm³/mol. The molecule has 0 radical (unpaired) electrons. The van der Waals surface area contributed by atoms with Crippen LogP contribution in [-0.2, 0) is 4.79 Å². The van der Waals surface area contributed by atoms with Crippen molar-refractivity contribution in [3.8, 4) is 5.75 Å². The summed E-state index contributed by atoms with van der Waals surface area (Å²) in [5, 5.41) is 3.72. The van der Waals surface area contributed by atoms with E-state index < -0.39 is 0 Å². The standard InChI is InChI=1S/C15H14Cl2N2O2/c16-10-4-5-13(17)14(8-10)21-7-6-15(20)19-12-3-1-2-11(18)9-12/h1-5,8-9H,6-7,18H2,(H,19,20). The van der Waals surface area contributed by atoms with E-state index in [2.05, 4.69) is 5.32 Å². The van der Waals surface area contributed by atoms with Gasteiger partial charge in [-0.05, 0) is 30.3 Å². The van der Waals surface area contributed by atoms with Crippen molar-refractivity contribution in [1.29, 1.82) is 0 Å². The van der Waals surface area contributed by atoms with E-state index >= 15 is 0 Å². The molecule has 0 unspecified atom stereocenters. The number of amides is 1. The molecule has 2 aromatic rings. The van der Waals surface area contributed by atoms with Crippen molar-refractivity contribution in [3.63, 3.8) is 0 Å². The molecular weight excluding hydrogens is 311 g/mol. The van der Waals surface area contributed by atoms with E-state index in [1.807, 2.05) is 0 Å². The summed E-state index contributed by atoms with van der Waals surface area (Å²) in [7, 11) is 0. The summed E-state index contributed by atoms with van der Waals surface area (Å²) in [4.78, 5) is 11.8. The van der Waals surface area contributed by atoms with Gasteiger partial charge in [-0.1, -0.05) is 29.3 Å². The molecule has 0 saturated heterocycles. The van der Waals surface area contributed by atoms with E-state index in [1.165, 1.54) is 0 Å². The third kappa shape index (κ3) is 4.85. The summed E-state index contributed by atoms with van der Waals surface area (Å²) < 4.78 is 5.45. The van der Waals surface area contributed by atoms with Gasteiger partial charge in [0.1, 0.15) is 5.75 Å². The maximum Gasteiger partial charge on any atom is 0.227 e. The fourth-order valence-corrected chi connectivity index (χ4v) is 2.02. The Hall–Kier alpha value is -1.91. The molecule has 110 valence electrons. The molecule has 0 bridgehead atoms. The lowest BCUT2D eigenvalue weighted by molar-refractivity contribution is -0.116. The number of halogens is 2. The van der Waals surface area contributed by atoms with Crippen LogP contribution in [0.2, 0.25) is 10.0 Å². The molecule has 0 saturated carbocycles. The Bertz CT molecular complexity index is 647. The largest absolute Gasteiger partial charge is 0.491 e.